The molecule has 15 heavy (non-hydrogen) atoms. The molecule has 0 aromatic heterocycles. The van der Waals surface area contributed by atoms with E-state index in [1.807, 2.05) is 18.2 Å². The van der Waals surface area contributed by atoms with Crippen molar-refractivity contribution in [1.82, 2.24) is 5.48 Å². The summed E-state index contributed by atoms with van der Waals surface area (Å²) in [6, 6.07) is 5.64. The third-order valence-corrected chi connectivity index (χ3v) is 2.74. The number of hydrogen-bond acceptors (Lipinski definition) is 3. The Labute approximate surface area is 103 Å². The van der Waals surface area contributed by atoms with E-state index in [-0.39, 0.29) is 0 Å². The largest absolute Gasteiger partial charge is 0.382 e. The zero-order valence-electron chi connectivity index (χ0n) is 8.43. The zero-order chi connectivity index (χ0) is 11.1. The van der Waals surface area contributed by atoms with Gasteiger partial charge < -0.3 is 4.74 Å². The van der Waals surface area contributed by atoms with Crippen LogP contribution >= 0.6 is 27.5 Å². The van der Waals surface area contributed by atoms with Crippen molar-refractivity contribution in [3.8, 4) is 0 Å². The van der Waals surface area contributed by atoms with Crippen LogP contribution in [-0.2, 0) is 16.1 Å². The quantitative estimate of drug-likeness (QED) is 0.646. The van der Waals surface area contributed by atoms with Gasteiger partial charge in [0.2, 0.25) is 0 Å². The first-order valence-electron chi connectivity index (χ1n) is 4.51. The Hall–Kier alpha value is -0.130. The molecule has 0 saturated carbocycles. The summed E-state index contributed by atoms with van der Waals surface area (Å²) >= 11 is 9.25. The summed E-state index contributed by atoms with van der Waals surface area (Å²) in [6.07, 6.45) is 0. The highest BCUT2D eigenvalue weighted by Gasteiger charge is 1.99. The van der Waals surface area contributed by atoms with Gasteiger partial charge in [-0.15, -0.1) is 0 Å². The second-order valence-corrected chi connectivity index (χ2v) is 4.19. The number of rotatable bonds is 6. The maximum absolute atomic E-state index is 5.82. The van der Waals surface area contributed by atoms with E-state index in [0.29, 0.717) is 24.8 Å². The second kappa shape index (κ2) is 7.19. The summed E-state index contributed by atoms with van der Waals surface area (Å²) in [7, 11) is 1.64. The van der Waals surface area contributed by atoms with Gasteiger partial charge in [0.1, 0.15) is 0 Å². The van der Waals surface area contributed by atoms with Crippen LogP contribution in [0.2, 0.25) is 5.02 Å². The van der Waals surface area contributed by atoms with Crippen LogP contribution in [0.3, 0.4) is 0 Å². The Bertz CT molecular complexity index is 309. The fraction of sp³-hybridized carbons (Fsp3) is 0.400. The zero-order valence-corrected chi connectivity index (χ0v) is 10.8. The Morgan fingerprint density at radius 2 is 2.20 bits per heavy atom. The van der Waals surface area contributed by atoms with Crippen LogP contribution < -0.4 is 5.48 Å². The normalized spacial score (nSPS) is 10.6. The fourth-order valence-corrected chi connectivity index (χ4v) is 1.81. The highest BCUT2D eigenvalue weighted by atomic mass is 79.9. The van der Waals surface area contributed by atoms with Crippen LogP contribution in [0.5, 0.6) is 0 Å². The van der Waals surface area contributed by atoms with Crippen molar-refractivity contribution >= 4 is 27.5 Å². The molecule has 0 aliphatic heterocycles. The first-order chi connectivity index (χ1) is 7.24. The molecule has 0 saturated heterocycles. The van der Waals surface area contributed by atoms with Crippen molar-refractivity contribution in [3.05, 3.63) is 33.3 Å². The maximum Gasteiger partial charge on any atom is 0.0916 e. The summed E-state index contributed by atoms with van der Waals surface area (Å²) < 4.78 is 5.81. The number of nitrogens with one attached hydrogen (secondary N) is 1. The number of hydroxylamine groups is 1. The summed E-state index contributed by atoms with van der Waals surface area (Å²) in [6.45, 7) is 1.73. The molecule has 1 aromatic carbocycles. The van der Waals surface area contributed by atoms with Crippen molar-refractivity contribution in [2.75, 3.05) is 20.3 Å². The van der Waals surface area contributed by atoms with Crippen molar-refractivity contribution in [2.24, 2.45) is 0 Å². The van der Waals surface area contributed by atoms with Gasteiger partial charge >= 0.3 is 0 Å². The van der Waals surface area contributed by atoms with Crippen molar-refractivity contribution in [3.63, 3.8) is 0 Å². The van der Waals surface area contributed by atoms with Crippen LogP contribution in [0.4, 0.5) is 0 Å². The lowest BCUT2D eigenvalue weighted by Gasteiger charge is -2.07. The highest BCUT2D eigenvalue weighted by Crippen LogP contribution is 2.21. The average Bonchev–Trinajstić information content (AvgIpc) is 2.20. The van der Waals surface area contributed by atoms with Crippen LogP contribution in [0.15, 0.2) is 22.7 Å². The van der Waals surface area contributed by atoms with Crippen molar-refractivity contribution in [1.29, 1.82) is 0 Å². The van der Waals surface area contributed by atoms with E-state index >= 15 is 0 Å². The molecule has 0 aliphatic rings. The molecule has 84 valence electrons. The number of hydrogen-bond donors (Lipinski definition) is 1. The fourth-order valence-electron chi connectivity index (χ4n) is 0.991. The minimum absolute atomic E-state index is 0.529. The SMILES string of the molecule is COCCONCc1ccc(Cl)cc1Br. The Kier molecular flexibility index (Phi) is 6.20. The molecular formula is C10H13BrClNO2. The van der Waals surface area contributed by atoms with Crippen molar-refractivity contribution in [2.45, 2.75) is 6.54 Å². The Balaban J connectivity index is 2.31. The molecule has 1 N–H and O–H groups in total. The van der Waals surface area contributed by atoms with Crippen LogP contribution in [-0.4, -0.2) is 20.3 Å². The maximum atomic E-state index is 5.82. The minimum Gasteiger partial charge on any atom is -0.382 e. The first kappa shape index (κ1) is 12.9. The van der Waals surface area contributed by atoms with Gasteiger partial charge in [-0.2, -0.15) is 5.48 Å². The smallest absolute Gasteiger partial charge is 0.0916 e. The average molecular weight is 295 g/mol. The van der Waals surface area contributed by atoms with Crippen molar-refractivity contribution < 1.29 is 9.57 Å². The Morgan fingerprint density at radius 3 is 2.87 bits per heavy atom. The lowest BCUT2D eigenvalue weighted by atomic mass is 10.2. The Morgan fingerprint density at radius 1 is 1.40 bits per heavy atom. The molecule has 0 bridgehead atoms. The minimum atomic E-state index is 0.529. The van der Waals surface area contributed by atoms with Gasteiger partial charge in [0.15, 0.2) is 0 Å². The van der Waals surface area contributed by atoms with E-state index in [1.54, 1.807) is 7.11 Å². The van der Waals surface area contributed by atoms with Gasteiger partial charge in [-0.3, -0.25) is 4.84 Å². The topological polar surface area (TPSA) is 30.5 Å². The molecule has 1 aromatic rings. The van der Waals surface area contributed by atoms with E-state index in [1.165, 1.54) is 0 Å². The number of halogens is 2. The predicted octanol–water partition coefficient (Wildman–Crippen LogP) is 2.77. The molecule has 0 spiro atoms. The van der Waals surface area contributed by atoms with E-state index in [9.17, 15) is 0 Å². The van der Waals surface area contributed by atoms with Crippen LogP contribution in [0.25, 0.3) is 0 Å². The molecule has 0 unspecified atom stereocenters. The highest BCUT2D eigenvalue weighted by molar-refractivity contribution is 9.10. The molecule has 0 aliphatic carbocycles. The van der Waals surface area contributed by atoms with E-state index in [2.05, 4.69) is 21.4 Å². The summed E-state index contributed by atoms with van der Waals surface area (Å²) in [4.78, 5) is 5.13. The molecule has 3 nitrogen and oxygen atoms in total. The van der Waals surface area contributed by atoms with Crippen LogP contribution in [0, 0.1) is 0 Å². The molecule has 0 fully saturated rings. The van der Waals surface area contributed by atoms with Gasteiger partial charge in [-0.25, -0.2) is 0 Å². The monoisotopic (exact) mass is 293 g/mol. The van der Waals surface area contributed by atoms with E-state index < -0.39 is 0 Å². The predicted molar refractivity (Wildman–Crippen MR) is 63.8 cm³/mol. The van der Waals surface area contributed by atoms with E-state index in [0.717, 1.165) is 10.0 Å². The van der Waals surface area contributed by atoms with E-state index in [4.69, 9.17) is 21.2 Å². The van der Waals surface area contributed by atoms with Gasteiger partial charge in [0.05, 0.1) is 13.2 Å². The second-order valence-electron chi connectivity index (χ2n) is 2.90. The number of benzene rings is 1. The summed E-state index contributed by atoms with van der Waals surface area (Å²) in [5, 5.41) is 0.714. The summed E-state index contributed by atoms with van der Waals surface area (Å²) in [5.41, 5.74) is 3.94. The standard InChI is InChI=1S/C10H13BrClNO2/c1-14-4-5-15-13-7-8-2-3-9(12)6-10(8)11/h2-3,6,13H,4-5,7H2,1H3. The molecule has 0 atom stereocenters. The molecule has 0 radical (unpaired) electrons. The van der Waals surface area contributed by atoms with Gasteiger partial charge in [0, 0.05) is 23.1 Å². The van der Waals surface area contributed by atoms with Crippen LogP contribution in [0.1, 0.15) is 5.56 Å². The van der Waals surface area contributed by atoms with Gasteiger partial charge in [0.25, 0.3) is 0 Å². The van der Waals surface area contributed by atoms with Gasteiger partial charge in [-0.1, -0.05) is 33.6 Å². The first-order valence-corrected chi connectivity index (χ1v) is 5.68. The molecule has 1 rings (SSSR count). The number of methoxy groups -OCH3 is 1. The molecule has 5 heteroatoms. The van der Waals surface area contributed by atoms with Gasteiger partial charge in [-0.05, 0) is 17.7 Å². The number of ether oxygens (including phenoxy) is 1. The molecule has 0 heterocycles. The molecule has 0 amide bonds. The molecular weight excluding hydrogens is 281 g/mol. The summed E-state index contributed by atoms with van der Waals surface area (Å²) in [5.74, 6) is 0. The lowest BCUT2D eigenvalue weighted by Crippen LogP contribution is -2.17. The third-order valence-electron chi connectivity index (χ3n) is 1.77. The lowest BCUT2D eigenvalue weighted by molar-refractivity contribution is 0.00339. The third kappa shape index (κ3) is 4.95.